The maximum atomic E-state index is 5.54. The Morgan fingerprint density at radius 2 is 2.40 bits per heavy atom. The Balaban J connectivity index is 2.46. The summed E-state index contributed by atoms with van der Waals surface area (Å²) in [5, 5.41) is 2.64. The zero-order chi connectivity index (χ0) is 11.1. The van der Waals surface area contributed by atoms with Crippen LogP contribution in [0.3, 0.4) is 0 Å². The first-order chi connectivity index (χ1) is 7.24. The van der Waals surface area contributed by atoms with Gasteiger partial charge in [-0.25, -0.2) is 4.98 Å². The molecule has 1 aromatic heterocycles. The van der Waals surface area contributed by atoms with Gasteiger partial charge < -0.3 is 10.6 Å². The fourth-order valence-corrected chi connectivity index (χ4v) is 2.97. The Kier molecular flexibility index (Phi) is 6.24. The third kappa shape index (κ3) is 4.97. The summed E-state index contributed by atoms with van der Waals surface area (Å²) in [6.07, 6.45) is 1.14. The molecule has 0 radical (unpaired) electrons. The van der Waals surface area contributed by atoms with Gasteiger partial charge >= 0.3 is 0 Å². The van der Waals surface area contributed by atoms with Gasteiger partial charge in [-0.05, 0) is 27.1 Å². The van der Waals surface area contributed by atoms with Gasteiger partial charge in [0.15, 0.2) is 0 Å². The lowest BCUT2D eigenvalue weighted by atomic mass is 10.2. The van der Waals surface area contributed by atoms with E-state index in [1.54, 1.807) is 11.3 Å². The molecule has 1 atom stereocenters. The molecule has 0 saturated heterocycles. The molecule has 5 heteroatoms. The second-order valence-electron chi connectivity index (χ2n) is 3.65. The van der Waals surface area contributed by atoms with Crippen LogP contribution in [0, 0.1) is 0 Å². The molecule has 0 aromatic carbocycles. The molecular formula is C10H19N3S2. The molecule has 0 amide bonds. The molecule has 1 heterocycles. The molecule has 2 N–H and O–H groups in total. The van der Waals surface area contributed by atoms with Gasteiger partial charge in [0.2, 0.25) is 0 Å². The summed E-state index contributed by atoms with van der Waals surface area (Å²) in [7, 11) is 4.21. The first-order valence-corrected chi connectivity index (χ1v) is 7.07. The molecule has 0 bridgehead atoms. The van der Waals surface area contributed by atoms with E-state index in [9.17, 15) is 0 Å². The van der Waals surface area contributed by atoms with Gasteiger partial charge in [-0.15, -0.1) is 11.3 Å². The first-order valence-electron chi connectivity index (χ1n) is 5.08. The van der Waals surface area contributed by atoms with E-state index in [-0.39, 0.29) is 0 Å². The van der Waals surface area contributed by atoms with Gasteiger partial charge in [-0.1, -0.05) is 0 Å². The van der Waals surface area contributed by atoms with Crippen LogP contribution >= 0.6 is 23.1 Å². The van der Waals surface area contributed by atoms with Crippen molar-refractivity contribution in [2.24, 2.45) is 5.73 Å². The van der Waals surface area contributed by atoms with Gasteiger partial charge in [-0.2, -0.15) is 11.8 Å². The monoisotopic (exact) mass is 245 g/mol. The molecule has 0 spiro atoms. The highest BCUT2D eigenvalue weighted by Gasteiger charge is 2.13. The Morgan fingerprint density at radius 1 is 1.60 bits per heavy atom. The fourth-order valence-electron chi connectivity index (χ4n) is 1.28. The van der Waals surface area contributed by atoms with E-state index in [0.29, 0.717) is 5.25 Å². The molecule has 0 fully saturated rings. The number of thiazole rings is 1. The smallest absolute Gasteiger partial charge is 0.0795 e. The van der Waals surface area contributed by atoms with E-state index in [1.165, 1.54) is 5.69 Å². The molecule has 1 unspecified atom stereocenters. The van der Waals surface area contributed by atoms with Crippen molar-refractivity contribution in [1.82, 2.24) is 9.88 Å². The molecule has 1 aromatic rings. The van der Waals surface area contributed by atoms with Crippen molar-refractivity contribution in [2.75, 3.05) is 32.9 Å². The van der Waals surface area contributed by atoms with Crippen molar-refractivity contribution in [3.8, 4) is 0 Å². The molecule has 0 aliphatic rings. The molecule has 3 nitrogen and oxygen atoms in total. The van der Waals surface area contributed by atoms with E-state index >= 15 is 0 Å². The number of nitrogens with two attached hydrogens (primary N) is 1. The predicted molar refractivity (Wildman–Crippen MR) is 69.5 cm³/mol. The van der Waals surface area contributed by atoms with Crippen LogP contribution in [0.5, 0.6) is 0 Å². The van der Waals surface area contributed by atoms with Crippen LogP contribution in [0.15, 0.2) is 10.9 Å². The first kappa shape index (κ1) is 13.0. The molecule has 86 valence electrons. The summed E-state index contributed by atoms with van der Waals surface area (Å²) in [4.78, 5) is 6.60. The van der Waals surface area contributed by atoms with Crippen LogP contribution in [-0.2, 0) is 0 Å². The minimum atomic E-state index is 0.502. The van der Waals surface area contributed by atoms with Crippen molar-refractivity contribution in [1.29, 1.82) is 0 Å². The van der Waals surface area contributed by atoms with Gasteiger partial charge in [0, 0.05) is 22.9 Å². The highest BCUT2D eigenvalue weighted by molar-refractivity contribution is 7.99. The summed E-state index contributed by atoms with van der Waals surface area (Å²) in [6, 6.07) is 0. The molecule has 1 rings (SSSR count). The average molecular weight is 245 g/mol. The lowest BCUT2D eigenvalue weighted by Gasteiger charge is -2.16. The van der Waals surface area contributed by atoms with Gasteiger partial charge in [0.1, 0.15) is 0 Å². The maximum absolute atomic E-state index is 5.54. The standard InChI is InChI=1S/C10H19N3S2/c1-13(2)5-3-10(15-6-4-11)9-7-14-8-12-9/h7-8,10H,3-6,11H2,1-2H3. The SMILES string of the molecule is CN(C)CCC(SCCN)c1cscn1. The number of nitrogens with zero attached hydrogens (tertiary/aromatic N) is 2. The summed E-state index contributed by atoms with van der Waals surface area (Å²) < 4.78 is 0. The third-order valence-corrected chi connectivity index (χ3v) is 4.01. The number of hydrogen-bond donors (Lipinski definition) is 1. The summed E-state index contributed by atoms with van der Waals surface area (Å²) in [5.41, 5.74) is 8.65. The van der Waals surface area contributed by atoms with Crippen LogP contribution in [0.1, 0.15) is 17.4 Å². The van der Waals surface area contributed by atoms with Crippen LogP contribution < -0.4 is 5.73 Å². The van der Waals surface area contributed by atoms with E-state index in [2.05, 4.69) is 29.4 Å². The van der Waals surface area contributed by atoms with Crippen molar-refractivity contribution >= 4 is 23.1 Å². The highest BCUT2D eigenvalue weighted by atomic mass is 32.2. The van der Waals surface area contributed by atoms with Gasteiger partial charge in [0.05, 0.1) is 11.2 Å². The normalized spacial score (nSPS) is 13.3. The largest absolute Gasteiger partial charge is 0.330 e. The summed E-state index contributed by atoms with van der Waals surface area (Å²) in [6.45, 7) is 1.84. The highest BCUT2D eigenvalue weighted by Crippen LogP contribution is 2.31. The molecule has 15 heavy (non-hydrogen) atoms. The number of rotatable bonds is 7. The predicted octanol–water partition coefficient (Wildman–Crippen LogP) is 1.83. The summed E-state index contributed by atoms with van der Waals surface area (Å²) >= 11 is 3.58. The summed E-state index contributed by atoms with van der Waals surface area (Å²) in [5.74, 6) is 1.01. The number of hydrogen-bond acceptors (Lipinski definition) is 5. The fraction of sp³-hybridized carbons (Fsp3) is 0.700. The maximum Gasteiger partial charge on any atom is 0.0795 e. The van der Waals surface area contributed by atoms with Gasteiger partial charge in [-0.3, -0.25) is 0 Å². The van der Waals surface area contributed by atoms with Crippen molar-refractivity contribution in [2.45, 2.75) is 11.7 Å². The van der Waals surface area contributed by atoms with Crippen molar-refractivity contribution < 1.29 is 0 Å². The van der Waals surface area contributed by atoms with Crippen LogP contribution in [-0.4, -0.2) is 42.8 Å². The van der Waals surface area contributed by atoms with Crippen LogP contribution in [0.25, 0.3) is 0 Å². The Morgan fingerprint density at radius 3 is 2.93 bits per heavy atom. The zero-order valence-corrected chi connectivity index (χ0v) is 11.0. The van der Waals surface area contributed by atoms with E-state index in [1.807, 2.05) is 17.3 Å². The number of aromatic nitrogens is 1. The van der Waals surface area contributed by atoms with E-state index in [4.69, 9.17) is 5.73 Å². The quantitative estimate of drug-likeness (QED) is 0.796. The topological polar surface area (TPSA) is 42.1 Å². The molecule has 0 aliphatic carbocycles. The lowest BCUT2D eigenvalue weighted by Crippen LogP contribution is -2.16. The number of thioether (sulfide) groups is 1. The molecular weight excluding hydrogens is 226 g/mol. The second-order valence-corrected chi connectivity index (χ2v) is 5.68. The van der Waals surface area contributed by atoms with E-state index in [0.717, 1.165) is 25.3 Å². The zero-order valence-electron chi connectivity index (χ0n) is 9.35. The molecule has 0 aliphatic heterocycles. The van der Waals surface area contributed by atoms with Crippen LogP contribution in [0.4, 0.5) is 0 Å². The Labute approximate surface area is 100 Å². The average Bonchev–Trinajstić information content (AvgIpc) is 2.71. The van der Waals surface area contributed by atoms with Crippen molar-refractivity contribution in [3.63, 3.8) is 0 Å². The molecule has 0 saturated carbocycles. The Bertz CT molecular complexity index is 249. The lowest BCUT2D eigenvalue weighted by molar-refractivity contribution is 0.398. The van der Waals surface area contributed by atoms with Gasteiger partial charge in [0.25, 0.3) is 0 Å². The second kappa shape index (κ2) is 7.22. The minimum Gasteiger partial charge on any atom is -0.330 e. The van der Waals surface area contributed by atoms with E-state index < -0.39 is 0 Å². The minimum absolute atomic E-state index is 0.502. The van der Waals surface area contributed by atoms with Crippen LogP contribution in [0.2, 0.25) is 0 Å². The van der Waals surface area contributed by atoms with Crippen molar-refractivity contribution in [3.05, 3.63) is 16.6 Å². The Hall–Kier alpha value is -0.100. The third-order valence-electron chi connectivity index (χ3n) is 2.06.